The largest absolute Gasteiger partial charge is 0.260 e. The molecule has 0 aromatic carbocycles. The first-order chi connectivity index (χ1) is 12.3. The fourth-order valence-electron chi connectivity index (χ4n) is 3.56. The quantitative estimate of drug-likeness (QED) is 0.186. The van der Waals surface area contributed by atoms with Gasteiger partial charge in [-0.2, -0.15) is 0 Å². The highest BCUT2D eigenvalue weighted by Gasteiger charge is 1.96. The van der Waals surface area contributed by atoms with Crippen molar-refractivity contribution in [3.8, 4) is 0 Å². The zero-order chi connectivity index (χ0) is 18.4. The van der Waals surface area contributed by atoms with E-state index in [2.05, 4.69) is 6.92 Å². The van der Waals surface area contributed by atoms with E-state index in [1.54, 1.807) is 0 Å². The van der Waals surface area contributed by atoms with Gasteiger partial charge in [-0.1, -0.05) is 129 Å². The van der Waals surface area contributed by atoms with Gasteiger partial charge in [-0.05, 0) is 6.42 Å². The van der Waals surface area contributed by atoms with Gasteiger partial charge in [0.2, 0.25) is 0 Å². The number of unbranched alkanes of at least 4 members (excludes halogenated alkanes) is 19. The van der Waals surface area contributed by atoms with Crippen LogP contribution in [0.3, 0.4) is 0 Å². The summed E-state index contributed by atoms with van der Waals surface area (Å²) in [5.41, 5.74) is 0. The average molecular weight is 373 g/mol. The third-order valence-electron chi connectivity index (χ3n) is 5.29. The van der Waals surface area contributed by atoms with Gasteiger partial charge in [0.15, 0.2) is 0 Å². The third kappa shape index (κ3) is 24.1. The summed E-state index contributed by atoms with van der Waals surface area (Å²) in [6.07, 6.45) is 30.2. The highest BCUT2D eigenvalue weighted by Crippen LogP contribution is 2.14. The Morgan fingerprint density at radius 3 is 0.920 bits per heavy atom. The molecule has 0 aliphatic rings. The van der Waals surface area contributed by atoms with E-state index in [-0.39, 0.29) is 0 Å². The van der Waals surface area contributed by atoms with Crippen molar-refractivity contribution in [1.82, 2.24) is 0 Å². The molecule has 0 N–H and O–H groups in total. The lowest BCUT2D eigenvalue weighted by Gasteiger charge is -2.04. The summed E-state index contributed by atoms with van der Waals surface area (Å²) in [4.78, 5) is 0. The maximum atomic E-state index is 10.9. The van der Waals surface area contributed by atoms with Gasteiger partial charge >= 0.3 is 0 Å². The van der Waals surface area contributed by atoms with Crippen LogP contribution >= 0.6 is 0 Å². The van der Waals surface area contributed by atoms with Crippen molar-refractivity contribution >= 4 is 10.8 Å². The van der Waals surface area contributed by atoms with Gasteiger partial charge in [0.05, 0.1) is 0 Å². The van der Waals surface area contributed by atoms with Gasteiger partial charge < -0.3 is 0 Å². The van der Waals surface area contributed by atoms with Gasteiger partial charge in [-0.15, -0.1) is 0 Å². The number of hydrogen-bond donors (Lipinski definition) is 0. The van der Waals surface area contributed by atoms with Crippen LogP contribution in [0.2, 0.25) is 0 Å². The Bertz CT molecular complexity index is 265. The molecule has 0 amide bonds. The Balaban J connectivity index is 2.97. The standard InChI is InChI=1S/C23H48OS/c1-3-4-5-6-7-8-9-10-11-12-13-14-15-16-17-18-19-20-21-22-23-25(2)24/h3-23H2,1-2H3. The van der Waals surface area contributed by atoms with E-state index in [9.17, 15) is 4.21 Å². The van der Waals surface area contributed by atoms with Crippen molar-refractivity contribution in [2.24, 2.45) is 0 Å². The predicted molar refractivity (Wildman–Crippen MR) is 117 cm³/mol. The second-order valence-corrected chi connectivity index (χ2v) is 9.55. The van der Waals surface area contributed by atoms with Crippen molar-refractivity contribution in [2.75, 3.05) is 12.0 Å². The maximum Gasteiger partial charge on any atom is 0.0232 e. The Labute approximate surface area is 162 Å². The van der Waals surface area contributed by atoms with Gasteiger partial charge in [-0.3, -0.25) is 4.21 Å². The van der Waals surface area contributed by atoms with E-state index in [4.69, 9.17) is 0 Å². The Morgan fingerprint density at radius 2 is 0.680 bits per heavy atom. The minimum absolute atomic E-state index is 0.585. The first-order valence-corrected chi connectivity index (χ1v) is 13.3. The van der Waals surface area contributed by atoms with Crippen LogP contribution in [-0.4, -0.2) is 16.2 Å². The maximum absolute atomic E-state index is 10.9. The molecule has 0 aliphatic carbocycles. The van der Waals surface area contributed by atoms with Crippen LogP contribution in [0.4, 0.5) is 0 Å². The summed E-state index contributed by atoms with van der Waals surface area (Å²) in [5, 5.41) is 0. The fourth-order valence-corrected chi connectivity index (χ4v) is 4.17. The summed E-state index contributed by atoms with van der Waals surface area (Å²) in [6, 6.07) is 0. The molecule has 1 atom stereocenters. The molecular formula is C23H48OS. The molecule has 0 saturated carbocycles. The molecule has 0 saturated heterocycles. The highest BCUT2D eigenvalue weighted by molar-refractivity contribution is 7.84. The number of rotatable bonds is 21. The molecule has 25 heavy (non-hydrogen) atoms. The molecule has 0 aromatic heterocycles. The SMILES string of the molecule is CCCCCCCCCCCCCCCCCCCCCCS(C)=O. The van der Waals surface area contributed by atoms with E-state index >= 15 is 0 Å². The lowest BCUT2D eigenvalue weighted by atomic mass is 10.0. The Kier molecular flexibility index (Phi) is 22.3. The molecule has 0 rings (SSSR count). The highest BCUT2D eigenvalue weighted by atomic mass is 32.2. The molecule has 0 heterocycles. The van der Waals surface area contributed by atoms with Gasteiger partial charge in [0, 0.05) is 22.8 Å². The third-order valence-corrected chi connectivity index (χ3v) is 6.15. The summed E-state index contributed by atoms with van der Waals surface area (Å²) in [5.74, 6) is 0.902. The van der Waals surface area contributed by atoms with E-state index in [1.807, 2.05) is 6.26 Å². The van der Waals surface area contributed by atoms with Crippen molar-refractivity contribution in [3.05, 3.63) is 0 Å². The summed E-state index contributed by atoms with van der Waals surface area (Å²) in [6.45, 7) is 2.29. The lowest BCUT2D eigenvalue weighted by molar-refractivity contribution is 0.523. The lowest BCUT2D eigenvalue weighted by Crippen LogP contribution is -1.93. The van der Waals surface area contributed by atoms with Gasteiger partial charge in [0.1, 0.15) is 0 Å². The van der Waals surface area contributed by atoms with Crippen molar-refractivity contribution in [3.63, 3.8) is 0 Å². The minimum Gasteiger partial charge on any atom is -0.260 e. The van der Waals surface area contributed by atoms with Crippen LogP contribution in [0.1, 0.15) is 135 Å². The zero-order valence-electron chi connectivity index (χ0n) is 17.7. The topological polar surface area (TPSA) is 17.1 Å². The van der Waals surface area contributed by atoms with Crippen LogP contribution in [0.5, 0.6) is 0 Å². The molecule has 0 radical (unpaired) electrons. The predicted octanol–water partition coefficient (Wildman–Crippen LogP) is 8.19. The normalized spacial score (nSPS) is 12.6. The Morgan fingerprint density at radius 1 is 0.440 bits per heavy atom. The van der Waals surface area contributed by atoms with Crippen LogP contribution < -0.4 is 0 Å². The minimum atomic E-state index is -0.585. The monoisotopic (exact) mass is 372 g/mol. The molecule has 152 valence electrons. The molecule has 0 bridgehead atoms. The van der Waals surface area contributed by atoms with Crippen molar-refractivity contribution in [1.29, 1.82) is 0 Å². The molecule has 0 aliphatic heterocycles. The van der Waals surface area contributed by atoms with E-state index in [1.165, 1.54) is 122 Å². The summed E-state index contributed by atoms with van der Waals surface area (Å²) in [7, 11) is -0.585. The fraction of sp³-hybridized carbons (Fsp3) is 1.00. The number of hydrogen-bond acceptors (Lipinski definition) is 1. The smallest absolute Gasteiger partial charge is 0.0232 e. The summed E-state index contributed by atoms with van der Waals surface area (Å²) < 4.78 is 10.9. The van der Waals surface area contributed by atoms with E-state index in [0.29, 0.717) is 0 Å². The second-order valence-electron chi connectivity index (χ2n) is 7.99. The van der Waals surface area contributed by atoms with Crippen LogP contribution in [0.25, 0.3) is 0 Å². The second kappa shape index (κ2) is 22.2. The molecule has 0 fully saturated rings. The molecule has 2 heteroatoms. The molecule has 0 aromatic rings. The van der Waals surface area contributed by atoms with E-state index < -0.39 is 10.8 Å². The molecule has 1 unspecified atom stereocenters. The molecular weight excluding hydrogens is 324 g/mol. The van der Waals surface area contributed by atoms with Crippen LogP contribution in [-0.2, 0) is 10.8 Å². The van der Waals surface area contributed by atoms with Crippen LogP contribution in [0.15, 0.2) is 0 Å². The molecule has 1 nitrogen and oxygen atoms in total. The van der Waals surface area contributed by atoms with Crippen molar-refractivity contribution in [2.45, 2.75) is 135 Å². The molecule has 0 spiro atoms. The first-order valence-electron chi connectivity index (χ1n) is 11.6. The van der Waals surface area contributed by atoms with E-state index in [0.717, 1.165) is 12.2 Å². The van der Waals surface area contributed by atoms with Gasteiger partial charge in [-0.25, -0.2) is 0 Å². The van der Waals surface area contributed by atoms with Crippen LogP contribution in [0, 0.1) is 0 Å². The first kappa shape index (κ1) is 25.1. The van der Waals surface area contributed by atoms with Gasteiger partial charge in [0.25, 0.3) is 0 Å². The average Bonchev–Trinajstić information content (AvgIpc) is 2.60. The summed E-state index contributed by atoms with van der Waals surface area (Å²) >= 11 is 0. The Hall–Kier alpha value is 0.150. The zero-order valence-corrected chi connectivity index (χ0v) is 18.5. The van der Waals surface area contributed by atoms with Crippen molar-refractivity contribution < 1.29 is 4.21 Å².